The molecule has 0 aromatic heterocycles. The van der Waals surface area contributed by atoms with Crippen molar-refractivity contribution in [2.45, 2.75) is 117 Å². The van der Waals surface area contributed by atoms with Gasteiger partial charge in [-0.1, -0.05) is 59.8 Å². The van der Waals surface area contributed by atoms with E-state index in [4.69, 9.17) is 0 Å². The molecule has 0 saturated heterocycles. The van der Waals surface area contributed by atoms with Crippen LogP contribution in [-0.2, 0) is 0 Å². The van der Waals surface area contributed by atoms with Crippen molar-refractivity contribution in [2.24, 2.45) is 17.3 Å². The smallest absolute Gasteiger partial charge is 0.0687 e. The molecule has 2 aliphatic carbocycles. The van der Waals surface area contributed by atoms with Gasteiger partial charge in [0, 0.05) is 0 Å². The Hall–Kier alpha value is -0.0800. The SMILES string of the molecule is CCCCNC1(NCCCC)CCC(C(C)(C)C2CCCCC2)CC1. The monoisotopic (exact) mass is 350 g/mol. The summed E-state index contributed by atoms with van der Waals surface area (Å²) in [5, 5.41) is 7.87. The minimum atomic E-state index is 0.226. The first-order valence-corrected chi connectivity index (χ1v) is 11.5. The van der Waals surface area contributed by atoms with E-state index in [0.29, 0.717) is 5.41 Å². The highest BCUT2D eigenvalue weighted by molar-refractivity contribution is 4.96. The Kier molecular flexibility index (Phi) is 8.75. The van der Waals surface area contributed by atoms with E-state index in [1.807, 2.05) is 0 Å². The zero-order valence-electron chi connectivity index (χ0n) is 17.8. The zero-order chi connectivity index (χ0) is 18.2. The number of rotatable bonds is 10. The molecule has 2 N–H and O–H groups in total. The zero-order valence-corrected chi connectivity index (χ0v) is 17.8. The summed E-state index contributed by atoms with van der Waals surface area (Å²) in [7, 11) is 0. The van der Waals surface area contributed by atoms with Crippen molar-refractivity contribution < 1.29 is 0 Å². The molecule has 2 saturated carbocycles. The topological polar surface area (TPSA) is 24.1 Å². The Bertz CT molecular complexity index is 337. The van der Waals surface area contributed by atoms with E-state index >= 15 is 0 Å². The highest BCUT2D eigenvalue weighted by atomic mass is 15.2. The van der Waals surface area contributed by atoms with Crippen LogP contribution in [0.5, 0.6) is 0 Å². The van der Waals surface area contributed by atoms with Crippen molar-refractivity contribution in [3.05, 3.63) is 0 Å². The third-order valence-corrected chi connectivity index (χ3v) is 7.54. The lowest BCUT2D eigenvalue weighted by Gasteiger charge is -2.49. The second-order valence-corrected chi connectivity index (χ2v) is 9.57. The van der Waals surface area contributed by atoms with Crippen LogP contribution >= 0.6 is 0 Å². The fraction of sp³-hybridized carbons (Fsp3) is 1.00. The third kappa shape index (κ3) is 5.96. The Morgan fingerprint density at radius 1 is 0.760 bits per heavy atom. The molecule has 2 rings (SSSR count). The number of nitrogens with one attached hydrogen (secondary N) is 2. The molecule has 148 valence electrons. The van der Waals surface area contributed by atoms with Crippen LogP contribution in [0.15, 0.2) is 0 Å². The Labute approximate surface area is 158 Å². The molecule has 0 bridgehead atoms. The van der Waals surface area contributed by atoms with Crippen LogP contribution in [0.3, 0.4) is 0 Å². The molecule has 0 radical (unpaired) electrons. The first-order valence-electron chi connectivity index (χ1n) is 11.5. The molecular formula is C23H46N2. The summed E-state index contributed by atoms with van der Waals surface area (Å²) in [4.78, 5) is 0. The molecule has 0 unspecified atom stereocenters. The van der Waals surface area contributed by atoms with Crippen LogP contribution < -0.4 is 10.6 Å². The maximum absolute atomic E-state index is 3.94. The van der Waals surface area contributed by atoms with E-state index < -0.39 is 0 Å². The molecule has 2 nitrogen and oxygen atoms in total. The van der Waals surface area contributed by atoms with Gasteiger partial charge in [0.15, 0.2) is 0 Å². The van der Waals surface area contributed by atoms with Crippen molar-refractivity contribution in [3.63, 3.8) is 0 Å². The normalized spacial score (nSPS) is 23.0. The van der Waals surface area contributed by atoms with Gasteiger partial charge in [-0.2, -0.15) is 0 Å². The lowest BCUT2D eigenvalue weighted by Crippen LogP contribution is -2.59. The van der Waals surface area contributed by atoms with Gasteiger partial charge >= 0.3 is 0 Å². The second kappa shape index (κ2) is 10.3. The highest BCUT2D eigenvalue weighted by Crippen LogP contribution is 2.49. The van der Waals surface area contributed by atoms with Gasteiger partial charge < -0.3 is 0 Å². The van der Waals surface area contributed by atoms with Crippen LogP contribution in [-0.4, -0.2) is 18.8 Å². The minimum absolute atomic E-state index is 0.226. The van der Waals surface area contributed by atoms with Crippen LogP contribution in [0.2, 0.25) is 0 Å². The van der Waals surface area contributed by atoms with Crippen molar-refractivity contribution in [2.75, 3.05) is 13.1 Å². The molecule has 0 aromatic carbocycles. The van der Waals surface area contributed by atoms with E-state index in [2.05, 4.69) is 38.3 Å². The molecule has 0 atom stereocenters. The fourth-order valence-corrected chi connectivity index (χ4v) is 5.46. The summed E-state index contributed by atoms with van der Waals surface area (Å²) in [6.45, 7) is 12.1. The predicted octanol–water partition coefficient (Wildman–Crippen LogP) is 6.26. The molecule has 0 amide bonds. The quantitative estimate of drug-likeness (QED) is 0.359. The summed E-state index contributed by atoms with van der Waals surface area (Å²) in [6, 6.07) is 0. The molecular weight excluding hydrogens is 304 g/mol. The predicted molar refractivity (Wildman–Crippen MR) is 111 cm³/mol. The van der Waals surface area contributed by atoms with Crippen molar-refractivity contribution in [1.82, 2.24) is 10.6 Å². The minimum Gasteiger partial charge on any atom is -0.299 e. The molecule has 0 heterocycles. The Balaban J connectivity index is 1.91. The van der Waals surface area contributed by atoms with E-state index in [9.17, 15) is 0 Å². The van der Waals surface area contributed by atoms with Gasteiger partial charge in [-0.15, -0.1) is 0 Å². The lowest BCUT2D eigenvalue weighted by atomic mass is 9.60. The van der Waals surface area contributed by atoms with Crippen molar-refractivity contribution in [1.29, 1.82) is 0 Å². The van der Waals surface area contributed by atoms with Crippen LogP contribution in [0.25, 0.3) is 0 Å². The van der Waals surface area contributed by atoms with E-state index in [1.165, 1.54) is 96.6 Å². The van der Waals surface area contributed by atoms with Gasteiger partial charge in [-0.05, 0) is 81.7 Å². The average Bonchev–Trinajstić information content (AvgIpc) is 2.63. The second-order valence-electron chi connectivity index (χ2n) is 9.57. The maximum atomic E-state index is 3.94. The van der Waals surface area contributed by atoms with Crippen molar-refractivity contribution >= 4 is 0 Å². The molecule has 0 aliphatic heterocycles. The maximum Gasteiger partial charge on any atom is 0.0687 e. The summed E-state index contributed by atoms with van der Waals surface area (Å²) in [6.07, 6.45) is 18.0. The molecule has 2 fully saturated rings. The van der Waals surface area contributed by atoms with E-state index in [-0.39, 0.29) is 5.66 Å². The fourth-order valence-electron chi connectivity index (χ4n) is 5.46. The standard InChI is InChI=1S/C23H46N2/c1-5-7-18-24-23(25-19-8-6-2)16-14-21(15-17-23)22(3,4)20-12-10-9-11-13-20/h20-21,24-25H,5-19H2,1-4H3. The van der Waals surface area contributed by atoms with Gasteiger partial charge in [-0.3, -0.25) is 10.6 Å². The van der Waals surface area contributed by atoms with Gasteiger partial charge in [0.25, 0.3) is 0 Å². The van der Waals surface area contributed by atoms with E-state index in [0.717, 1.165) is 11.8 Å². The molecule has 2 heteroatoms. The van der Waals surface area contributed by atoms with Crippen LogP contribution in [0, 0.1) is 17.3 Å². The first kappa shape index (κ1) is 21.2. The molecule has 2 aliphatic rings. The van der Waals surface area contributed by atoms with Gasteiger partial charge in [0.2, 0.25) is 0 Å². The largest absolute Gasteiger partial charge is 0.299 e. The average molecular weight is 351 g/mol. The van der Waals surface area contributed by atoms with E-state index in [1.54, 1.807) is 0 Å². The van der Waals surface area contributed by atoms with Gasteiger partial charge in [0.05, 0.1) is 5.66 Å². The van der Waals surface area contributed by atoms with Crippen LogP contribution in [0.4, 0.5) is 0 Å². The third-order valence-electron chi connectivity index (χ3n) is 7.54. The first-order chi connectivity index (χ1) is 12.0. The van der Waals surface area contributed by atoms with Crippen molar-refractivity contribution in [3.8, 4) is 0 Å². The highest BCUT2D eigenvalue weighted by Gasteiger charge is 2.43. The summed E-state index contributed by atoms with van der Waals surface area (Å²) >= 11 is 0. The van der Waals surface area contributed by atoms with Gasteiger partial charge in [0.1, 0.15) is 0 Å². The Morgan fingerprint density at radius 2 is 1.24 bits per heavy atom. The summed E-state index contributed by atoms with van der Waals surface area (Å²) in [5.41, 5.74) is 0.767. The van der Waals surface area contributed by atoms with Crippen LogP contribution in [0.1, 0.15) is 111 Å². The molecule has 25 heavy (non-hydrogen) atoms. The molecule has 0 spiro atoms. The molecule has 0 aromatic rings. The number of unbranched alkanes of at least 4 members (excludes halogenated alkanes) is 2. The number of hydrogen-bond acceptors (Lipinski definition) is 2. The lowest BCUT2D eigenvalue weighted by molar-refractivity contribution is 0.0279. The summed E-state index contributed by atoms with van der Waals surface area (Å²) < 4.78 is 0. The number of hydrogen-bond donors (Lipinski definition) is 2. The summed E-state index contributed by atoms with van der Waals surface area (Å²) in [5.74, 6) is 1.89. The Morgan fingerprint density at radius 3 is 1.72 bits per heavy atom. The van der Waals surface area contributed by atoms with Gasteiger partial charge in [-0.25, -0.2) is 0 Å².